The lowest BCUT2D eigenvalue weighted by molar-refractivity contribution is 0.458. The van der Waals surface area contributed by atoms with Gasteiger partial charge in [-0.2, -0.15) is 0 Å². The van der Waals surface area contributed by atoms with Crippen LogP contribution in [0.15, 0.2) is 23.1 Å². The summed E-state index contributed by atoms with van der Waals surface area (Å²) in [5, 5.41) is 9.17. The first-order valence-electron chi connectivity index (χ1n) is 3.50. The predicted octanol–water partition coefficient (Wildman–Crippen LogP) is 0.986. The number of phenolic OH excluding ortho intramolecular Hbond substituents is 1. The topological polar surface area (TPSA) is 54.4 Å². The summed E-state index contributed by atoms with van der Waals surface area (Å²) in [6.07, 6.45) is 0. The van der Waals surface area contributed by atoms with Gasteiger partial charge in [-0.3, -0.25) is 0 Å². The molecule has 0 aliphatic heterocycles. The van der Waals surface area contributed by atoms with E-state index in [0.717, 1.165) is 0 Å². The second kappa shape index (κ2) is 3.15. The lowest BCUT2D eigenvalue weighted by Crippen LogP contribution is -2.03. The molecule has 0 saturated heterocycles. The minimum atomic E-state index is -3.33. The third-order valence-corrected chi connectivity index (χ3v) is 3.20. The monoisotopic (exact) mass is 185 g/mol. The zero-order valence-electron chi connectivity index (χ0n) is 6.61. The summed E-state index contributed by atoms with van der Waals surface area (Å²) in [6, 6.07) is 6.81. The molecule has 1 N–H and O–H groups in total. The average molecular weight is 185 g/mol. The molecule has 0 spiro atoms. The fourth-order valence-corrected chi connectivity index (χ4v) is 1.73. The zero-order chi connectivity index (χ0) is 9.19. The molecule has 3 nitrogen and oxygen atoms in total. The van der Waals surface area contributed by atoms with Crippen molar-refractivity contribution < 1.29 is 13.5 Å². The summed E-state index contributed by atoms with van der Waals surface area (Å²) >= 11 is 0. The third-order valence-electron chi connectivity index (χ3n) is 1.49. The standard InChI is InChI=1S/C8H9O3S/c1-2-12(10,11)8-6-4-3-5-7(8)9/h3-5,9H,2H2,1H3. The largest absolute Gasteiger partial charge is 0.507 e. The molecule has 0 aliphatic carbocycles. The molecule has 0 amide bonds. The molecule has 0 unspecified atom stereocenters. The van der Waals surface area contributed by atoms with Crippen LogP contribution in [0.25, 0.3) is 0 Å². The number of phenols is 1. The second-order valence-corrected chi connectivity index (χ2v) is 4.50. The van der Waals surface area contributed by atoms with E-state index >= 15 is 0 Å². The Morgan fingerprint density at radius 1 is 1.58 bits per heavy atom. The van der Waals surface area contributed by atoms with Crippen LogP contribution < -0.4 is 0 Å². The summed E-state index contributed by atoms with van der Waals surface area (Å²) in [5.74, 6) is -0.263. The van der Waals surface area contributed by atoms with Gasteiger partial charge in [0.05, 0.1) is 5.75 Å². The van der Waals surface area contributed by atoms with E-state index < -0.39 is 9.84 Å². The number of aromatic hydroxyl groups is 1. The summed E-state index contributed by atoms with van der Waals surface area (Å²) in [6.45, 7) is 1.52. The van der Waals surface area contributed by atoms with Crippen molar-refractivity contribution in [2.75, 3.05) is 5.75 Å². The Bertz CT molecular complexity index is 368. The Kier molecular flexibility index (Phi) is 2.38. The van der Waals surface area contributed by atoms with E-state index in [4.69, 9.17) is 5.11 Å². The Morgan fingerprint density at radius 2 is 2.25 bits per heavy atom. The van der Waals surface area contributed by atoms with E-state index in [9.17, 15) is 8.42 Å². The highest BCUT2D eigenvalue weighted by Gasteiger charge is 2.15. The highest BCUT2D eigenvalue weighted by molar-refractivity contribution is 7.91. The van der Waals surface area contributed by atoms with Gasteiger partial charge >= 0.3 is 0 Å². The van der Waals surface area contributed by atoms with Gasteiger partial charge in [-0.25, -0.2) is 8.42 Å². The van der Waals surface area contributed by atoms with Crippen molar-refractivity contribution in [1.29, 1.82) is 0 Å². The Labute approximate surface area is 71.6 Å². The molecule has 0 aromatic heterocycles. The van der Waals surface area contributed by atoms with Crippen molar-refractivity contribution in [2.45, 2.75) is 11.8 Å². The lowest BCUT2D eigenvalue weighted by atomic mass is 10.3. The van der Waals surface area contributed by atoms with Crippen LogP contribution in [0.4, 0.5) is 0 Å². The first-order valence-corrected chi connectivity index (χ1v) is 5.15. The first-order chi connectivity index (χ1) is 5.58. The van der Waals surface area contributed by atoms with Crippen molar-refractivity contribution >= 4 is 9.84 Å². The van der Waals surface area contributed by atoms with Crippen molar-refractivity contribution in [2.24, 2.45) is 0 Å². The molecule has 0 atom stereocenters. The van der Waals surface area contributed by atoms with Gasteiger partial charge in [0.2, 0.25) is 0 Å². The van der Waals surface area contributed by atoms with Crippen LogP contribution >= 0.6 is 0 Å². The van der Waals surface area contributed by atoms with E-state index in [1.165, 1.54) is 25.1 Å². The van der Waals surface area contributed by atoms with Gasteiger partial charge in [0.25, 0.3) is 0 Å². The highest BCUT2D eigenvalue weighted by Crippen LogP contribution is 2.21. The van der Waals surface area contributed by atoms with Crippen LogP contribution in [0.2, 0.25) is 0 Å². The maximum Gasteiger partial charge on any atom is 0.182 e. The van der Waals surface area contributed by atoms with Gasteiger partial charge in [0.1, 0.15) is 10.6 Å². The van der Waals surface area contributed by atoms with Crippen LogP contribution in [0, 0.1) is 6.07 Å². The Hall–Kier alpha value is -1.03. The molecule has 12 heavy (non-hydrogen) atoms. The van der Waals surface area contributed by atoms with Crippen molar-refractivity contribution in [3.63, 3.8) is 0 Å². The average Bonchev–Trinajstić information content (AvgIpc) is 2.05. The predicted molar refractivity (Wildman–Crippen MR) is 44.7 cm³/mol. The fraction of sp³-hybridized carbons (Fsp3) is 0.250. The van der Waals surface area contributed by atoms with Crippen LogP contribution in [-0.2, 0) is 9.84 Å². The molecule has 0 fully saturated rings. The van der Waals surface area contributed by atoms with Crippen molar-refractivity contribution in [3.8, 4) is 5.75 Å². The quantitative estimate of drug-likeness (QED) is 0.747. The van der Waals surface area contributed by atoms with Gasteiger partial charge in [-0.1, -0.05) is 19.1 Å². The number of hydrogen-bond donors (Lipinski definition) is 1. The van der Waals surface area contributed by atoms with Crippen LogP contribution in [-0.4, -0.2) is 19.3 Å². The second-order valence-electron chi connectivity index (χ2n) is 2.29. The molecule has 0 saturated carbocycles. The minimum absolute atomic E-state index is 0.0267. The molecule has 1 aromatic carbocycles. The smallest absolute Gasteiger partial charge is 0.182 e. The van der Waals surface area contributed by atoms with Gasteiger partial charge in [-0.05, 0) is 6.07 Å². The summed E-state index contributed by atoms with van der Waals surface area (Å²) in [5.41, 5.74) is 0. The summed E-state index contributed by atoms with van der Waals surface area (Å²) < 4.78 is 22.5. The minimum Gasteiger partial charge on any atom is -0.507 e. The van der Waals surface area contributed by atoms with E-state index in [0.29, 0.717) is 0 Å². The normalized spacial score (nSPS) is 11.4. The molecule has 65 valence electrons. The van der Waals surface area contributed by atoms with Crippen LogP contribution in [0.3, 0.4) is 0 Å². The maximum absolute atomic E-state index is 11.2. The molecular formula is C8H9O3S. The van der Waals surface area contributed by atoms with E-state index in [2.05, 4.69) is 6.07 Å². The SMILES string of the molecule is CCS(=O)(=O)c1[c]cccc1O. The van der Waals surface area contributed by atoms with E-state index in [1.54, 1.807) is 0 Å². The Balaban J connectivity index is 3.30. The van der Waals surface area contributed by atoms with Crippen LogP contribution in [0.1, 0.15) is 6.92 Å². The zero-order valence-corrected chi connectivity index (χ0v) is 7.43. The summed E-state index contributed by atoms with van der Waals surface area (Å²) in [7, 11) is -3.33. The van der Waals surface area contributed by atoms with Gasteiger partial charge in [-0.15, -0.1) is 0 Å². The highest BCUT2D eigenvalue weighted by atomic mass is 32.2. The number of benzene rings is 1. The van der Waals surface area contributed by atoms with Crippen molar-refractivity contribution in [3.05, 3.63) is 24.3 Å². The number of sulfone groups is 1. The fourth-order valence-electron chi connectivity index (χ4n) is 0.806. The molecule has 0 bridgehead atoms. The Morgan fingerprint density at radius 3 is 2.75 bits per heavy atom. The lowest BCUT2D eigenvalue weighted by Gasteiger charge is -2.01. The maximum atomic E-state index is 11.2. The van der Waals surface area contributed by atoms with E-state index in [-0.39, 0.29) is 16.4 Å². The van der Waals surface area contributed by atoms with Crippen molar-refractivity contribution in [1.82, 2.24) is 0 Å². The summed E-state index contributed by atoms with van der Waals surface area (Å²) in [4.78, 5) is -0.118. The number of hydrogen-bond acceptors (Lipinski definition) is 3. The van der Waals surface area contributed by atoms with Gasteiger partial charge in [0.15, 0.2) is 9.84 Å². The molecule has 0 heterocycles. The molecule has 0 aliphatic rings. The molecule has 1 radical (unpaired) electrons. The molecule has 4 heteroatoms. The third kappa shape index (κ3) is 1.58. The molecular weight excluding hydrogens is 176 g/mol. The molecule has 1 aromatic rings. The van der Waals surface area contributed by atoms with E-state index in [1.807, 2.05) is 0 Å². The molecule has 1 rings (SSSR count). The first kappa shape index (κ1) is 9.06. The van der Waals surface area contributed by atoms with Crippen LogP contribution in [0.5, 0.6) is 5.75 Å². The van der Waals surface area contributed by atoms with Gasteiger partial charge in [0, 0.05) is 6.07 Å². The number of rotatable bonds is 2. The van der Waals surface area contributed by atoms with Gasteiger partial charge < -0.3 is 5.11 Å².